The van der Waals surface area contributed by atoms with Gasteiger partial charge in [0.1, 0.15) is 17.3 Å². The lowest BCUT2D eigenvalue weighted by Gasteiger charge is -2.34. The predicted octanol–water partition coefficient (Wildman–Crippen LogP) is 5.39. The van der Waals surface area contributed by atoms with Gasteiger partial charge < -0.3 is 23.7 Å². The van der Waals surface area contributed by atoms with Crippen molar-refractivity contribution < 1.29 is 51.2 Å². The lowest BCUT2D eigenvalue weighted by atomic mass is 9.94. The van der Waals surface area contributed by atoms with Gasteiger partial charge in [0.15, 0.2) is 6.04 Å². The van der Waals surface area contributed by atoms with E-state index in [2.05, 4.69) is 0 Å². The van der Waals surface area contributed by atoms with Crippen molar-refractivity contribution >= 4 is 18.2 Å². The monoisotopic (exact) mass is 539 g/mol. The summed E-state index contributed by atoms with van der Waals surface area (Å²) in [7, 11) is 0. The molecule has 2 fully saturated rings. The highest BCUT2D eigenvalue weighted by molar-refractivity contribution is 5.94. The topological polar surface area (TPSA) is 101 Å². The number of hydrogen-bond donors (Lipinski definition) is 0. The van der Waals surface area contributed by atoms with Crippen LogP contribution in [0.25, 0.3) is 0 Å². The van der Waals surface area contributed by atoms with Crippen molar-refractivity contribution in [3.05, 3.63) is 0 Å². The van der Waals surface area contributed by atoms with Gasteiger partial charge in [-0.1, -0.05) is 12.8 Å². The number of imide groups is 1. The van der Waals surface area contributed by atoms with E-state index in [9.17, 15) is 27.6 Å². The molecule has 1 saturated heterocycles. The van der Waals surface area contributed by atoms with Crippen molar-refractivity contribution in [1.29, 1.82) is 0 Å². The third kappa shape index (κ3) is 10.3. The van der Waals surface area contributed by atoms with Crippen LogP contribution in [0.4, 0.5) is 22.8 Å². The SMILES string of the molecule is C[C@@H]1OC(=O)[C@@H](N(C(=O)OC(C)(C)C)C(=O)OC(C)(C)C)COC[C@H](CC(F)(F)F)[C@H]1OC1CCCC1. The Morgan fingerprint density at radius 1 is 0.946 bits per heavy atom. The van der Waals surface area contributed by atoms with E-state index in [-0.39, 0.29) is 6.10 Å². The van der Waals surface area contributed by atoms with Gasteiger partial charge in [0, 0.05) is 5.92 Å². The smallest absolute Gasteiger partial charge is 0.420 e. The highest BCUT2D eigenvalue weighted by Crippen LogP contribution is 2.34. The molecule has 2 rings (SSSR count). The third-order valence-corrected chi connectivity index (χ3v) is 5.75. The molecule has 0 aromatic heterocycles. The zero-order chi connectivity index (χ0) is 28.2. The van der Waals surface area contributed by atoms with E-state index in [1.165, 1.54) is 6.92 Å². The highest BCUT2D eigenvalue weighted by atomic mass is 19.4. The summed E-state index contributed by atoms with van der Waals surface area (Å²) in [4.78, 5) is 39.7. The number of amides is 2. The summed E-state index contributed by atoms with van der Waals surface area (Å²) in [5.41, 5.74) is -2.04. The Morgan fingerprint density at radius 2 is 1.46 bits per heavy atom. The normalized spacial score (nSPS) is 26.5. The van der Waals surface area contributed by atoms with E-state index in [0.29, 0.717) is 17.7 Å². The Kier molecular flexibility index (Phi) is 10.3. The van der Waals surface area contributed by atoms with Crippen LogP contribution in [0.3, 0.4) is 0 Å². The van der Waals surface area contributed by atoms with Crippen LogP contribution in [0, 0.1) is 5.92 Å². The minimum Gasteiger partial charge on any atom is -0.458 e. The molecule has 2 aliphatic rings. The highest BCUT2D eigenvalue weighted by Gasteiger charge is 2.46. The second-order valence-corrected chi connectivity index (χ2v) is 11.6. The van der Waals surface area contributed by atoms with E-state index in [0.717, 1.165) is 12.8 Å². The van der Waals surface area contributed by atoms with Gasteiger partial charge in [0.05, 0.1) is 31.8 Å². The molecule has 0 N–H and O–H groups in total. The molecule has 4 atom stereocenters. The van der Waals surface area contributed by atoms with Gasteiger partial charge in [-0.15, -0.1) is 0 Å². The van der Waals surface area contributed by atoms with Gasteiger partial charge in [0.25, 0.3) is 0 Å². The van der Waals surface area contributed by atoms with Crippen molar-refractivity contribution in [2.45, 2.75) is 122 Å². The minimum absolute atomic E-state index is 0.251. The van der Waals surface area contributed by atoms with Crippen molar-refractivity contribution in [1.82, 2.24) is 4.90 Å². The van der Waals surface area contributed by atoms with Gasteiger partial charge in [-0.25, -0.2) is 14.4 Å². The molecular weight excluding hydrogens is 499 g/mol. The molecule has 12 heteroatoms. The molecule has 0 aromatic carbocycles. The van der Waals surface area contributed by atoms with E-state index < -0.39 is 79.3 Å². The van der Waals surface area contributed by atoms with Crippen LogP contribution >= 0.6 is 0 Å². The maximum atomic E-state index is 13.4. The average Bonchev–Trinajstić information content (AvgIpc) is 3.20. The standard InChI is InChI=1S/C25H40F3NO8/c1-15-19(35-17-10-8-9-11-17)16(12-25(26,27)28)13-33-14-18(20(30)34-15)29(21(31)36-23(2,3)4)22(32)37-24(5,6)7/h15-19H,8-14H2,1-7H3/t15-,16-,18-,19-/m0/s1. The number of rotatable bonds is 4. The minimum atomic E-state index is -4.51. The molecule has 0 spiro atoms. The van der Waals surface area contributed by atoms with Crippen LogP contribution in [-0.4, -0.2) is 78.0 Å². The molecule has 1 aliphatic carbocycles. The van der Waals surface area contributed by atoms with Gasteiger partial charge in [-0.05, 0) is 61.3 Å². The van der Waals surface area contributed by atoms with Gasteiger partial charge in [-0.2, -0.15) is 18.1 Å². The molecule has 2 amide bonds. The van der Waals surface area contributed by atoms with Crippen molar-refractivity contribution in [2.24, 2.45) is 5.92 Å². The van der Waals surface area contributed by atoms with E-state index in [1.54, 1.807) is 41.5 Å². The number of alkyl halides is 3. The van der Waals surface area contributed by atoms with Crippen LogP contribution < -0.4 is 0 Å². The Balaban J connectivity index is 2.38. The summed E-state index contributed by atoms with van der Waals surface area (Å²) in [6, 6.07) is -1.65. The molecule has 214 valence electrons. The molecular formula is C25H40F3NO8. The quantitative estimate of drug-likeness (QED) is 0.347. The average molecular weight is 540 g/mol. The van der Waals surface area contributed by atoms with E-state index in [1.807, 2.05) is 0 Å². The molecule has 37 heavy (non-hydrogen) atoms. The number of hydrogen-bond acceptors (Lipinski definition) is 8. The molecule has 1 aliphatic heterocycles. The lowest BCUT2D eigenvalue weighted by Crippen LogP contribution is -2.54. The van der Waals surface area contributed by atoms with Crippen LogP contribution in [0.5, 0.6) is 0 Å². The van der Waals surface area contributed by atoms with Gasteiger partial charge in [0.2, 0.25) is 0 Å². The number of halogens is 3. The van der Waals surface area contributed by atoms with Crippen LogP contribution in [0.1, 0.15) is 80.6 Å². The fourth-order valence-electron chi connectivity index (χ4n) is 4.28. The number of ether oxygens (including phenoxy) is 5. The van der Waals surface area contributed by atoms with Gasteiger partial charge >= 0.3 is 24.3 Å². The maximum absolute atomic E-state index is 13.4. The number of nitrogens with zero attached hydrogens (tertiary/aromatic N) is 1. The van der Waals surface area contributed by atoms with Gasteiger partial charge in [-0.3, -0.25) is 0 Å². The predicted molar refractivity (Wildman–Crippen MR) is 126 cm³/mol. The van der Waals surface area contributed by atoms with Crippen LogP contribution in [-0.2, 0) is 28.5 Å². The summed E-state index contributed by atoms with van der Waals surface area (Å²) >= 11 is 0. The molecule has 1 saturated carbocycles. The lowest BCUT2D eigenvalue weighted by molar-refractivity contribution is -0.184. The first-order valence-electron chi connectivity index (χ1n) is 12.6. The number of cyclic esters (lactones) is 1. The summed E-state index contributed by atoms with van der Waals surface area (Å²) in [5, 5.41) is 0. The largest absolute Gasteiger partial charge is 0.458 e. The van der Waals surface area contributed by atoms with Crippen molar-refractivity contribution in [2.75, 3.05) is 13.2 Å². The van der Waals surface area contributed by atoms with Crippen molar-refractivity contribution in [3.63, 3.8) is 0 Å². The fraction of sp³-hybridized carbons (Fsp3) is 0.880. The summed E-state index contributed by atoms with van der Waals surface area (Å²) < 4.78 is 68.1. The van der Waals surface area contributed by atoms with Crippen LogP contribution in [0.2, 0.25) is 0 Å². The Bertz CT molecular complexity index is 771. The summed E-state index contributed by atoms with van der Waals surface area (Å²) in [5.74, 6) is -2.21. The zero-order valence-electron chi connectivity index (χ0n) is 22.7. The second kappa shape index (κ2) is 12.2. The summed E-state index contributed by atoms with van der Waals surface area (Å²) in [6.45, 7) is 9.86. The summed E-state index contributed by atoms with van der Waals surface area (Å²) in [6.07, 6.45) is -7.33. The first kappa shape index (κ1) is 31.1. The maximum Gasteiger partial charge on any atom is 0.420 e. The van der Waals surface area contributed by atoms with Crippen molar-refractivity contribution in [3.8, 4) is 0 Å². The Morgan fingerprint density at radius 3 is 1.92 bits per heavy atom. The number of carbonyl (C=O) groups is 3. The molecule has 0 radical (unpaired) electrons. The molecule has 0 unspecified atom stereocenters. The molecule has 0 aromatic rings. The fourth-order valence-corrected chi connectivity index (χ4v) is 4.28. The van der Waals surface area contributed by atoms with E-state index in [4.69, 9.17) is 23.7 Å². The first-order chi connectivity index (χ1) is 16.9. The second-order valence-electron chi connectivity index (χ2n) is 11.6. The number of carbonyl (C=O) groups excluding carboxylic acids is 3. The molecule has 0 bridgehead atoms. The number of esters is 1. The molecule has 9 nitrogen and oxygen atoms in total. The zero-order valence-corrected chi connectivity index (χ0v) is 22.7. The molecule has 1 heterocycles. The van der Waals surface area contributed by atoms with Crippen LogP contribution in [0.15, 0.2) is 0 Å². The third-order valence-electron chi connectivity index (χ3n) is 5.75. The Labute approximate surface area is 216 Å². The first-order valence-corrected chi connectivity index (χ1v) is 12.6. The van der Waals surface area contributed by atoms with E-state index >= 15 is 0 Å². The Hall–Kier alpha value is -2.08.